The minimum Gasteiger partial charge on any atom is -0.474 e. The molecule has 0 spiro atoms. The largest absolute Gasteiger partial charge is 0.474 e. The van der Waals surface area contributed by atoms with Crippen LogP contribution >= 0.6 is 12.2 Å². The van der Waals surface area contributed by atoms with Crippen LogP contribution < -0.4 is 5.32 Å². The maximum atomic E-state index is 4.62. The highest BCUT2D eigenvalue weighted by molar-refractivity contribution is 7.80. The van der Waals surface area contributed by atoms with Crippen molar-refractivity contribution in [1.29, 1.82) is 0 Å². The molecule has 0 aromatic rings. The SMILES string of the molecule is C=C.CCNC(=S)OC. The Labute approximate surface area is 61.9 Å². The van der Waals surface area contributed by atoms with Gasteiger partial charge in [0.15, 0.2) is 0 Å². The second-order valence-corrected chi connectivity index (χ2v) is 1.39. The van der Waals surface area contributed by atoms with Gasteiger partial charge in [0.2, 0.25) is 0 Å². The van der Waals surface area contributed by atoms with Crippen molar-refractivity contribution in [3.8, 4) is 0 Å². The van der Waals surface area contributed by atoms with Crippen LogP contribution in [0.15, 0.2) is 13.2 Å². The number of ether oxygens (including phenoxy) is 1. The fourth-order valence-corrected chi connectivity index (χ4v) is 0.361. The lowest BCUT2D eigenvalue weighted by atomic mass is 10.8. The highest BCUT2D eigenvalue weighted by Gasteiger charge is 1.83. The summed E-state index contributed by atoms with van der Waals surface area (Å²) in [7, 11) is 1.55. The van der Waals surface area contributed by atoms with Gasteiger partial charge in [0.25, 0.3) is 5.17 Å². The monoisotopic (exact) mass is 147 g/mol. The lowest BCUT2D eigenvalue weighted by Crippen LogP contribution is -2.21. The first-order chi connectivity index (χ1) is 4.31. The number of hydrogen-bond donors (Lipinski definition) is 1. The van der Waals surface area contributed by atoms with E-state index in [9.17, 15) is 0 Å². The molecular formula is C6H13NOS. The highest BCUT2D eigenvalue weighted by Crippen LogP contribution is 1.68. The Morgan fingerprint density at radius 1 is 1.67 bits per heavy atom. The zero-order valence-corrected chi connectivity index (χ0v) is 6.75. The molecule has 0 unspecified atom stereocenters. The minimum absolute atomic E-state index is 0.461. The maximum Gasteiger partial charge on any atom is 0.256 e. The molecule has 0 saturated heterocycles. The third kappa shape index (κ3) is 11.2. The lowest BCUT2D eigenvalue weighted by Gasteiger charge is -1.99. The Balaban J connectivity index is 0. The average Bonchev–Trinajstić information content (AvgIpc) is 1.93. The topological polar surface area (TPSA) is 21.3 Å². The van der Waals surface area contributed by atoms with Crippen molar-refractivity contribution >= 4 is 17.4 Å². The van der Waals surface area contributed by atoms with E-state index in [1.54, 1.807) is 7.11 Å². The number of rotatable bonds is 1. The molecule has 0 atom stereocenters. The minimum atomic E-state index is 0.461. The number of thiocarbonyl (C=S) groups is 1. The highest BCUT2D eigenvalue weighted by atomic mass is 32.1. The van der Waals surface area contributed by atoms with Gasteiger partial charge in [-0.15, -0.1) is 13.2 Å². The molecule has 9 heavy (non-hydrogen) atoms. The van der Waals surface area contributed by atoms with Gasteiger partial charge >= 0.3 is 0 Å². The standard InChI is InChI=1S/C4H9NOS.C2H4/c1-3-5-4(7)6-2;1-2/h3H2,1-2H3,(H,5,7);1-2H2. The Kier molecular flexibility index (Phi) is 13.0. The zero-order chi connectivity index (χ0) is 7.70. The van der Waals surface area contributed by atoms with Gasteiger partial charge in [-0.25, -0.2) is 0 Å². The molecule has 2 nitrogen and oxygen atoms in total. The molecule has 1 N–H and O–H groups in total. The third-order valence-electron chi connectivity index (χ3n) is 0.507. The Bertz CT molecular complexity index is 75.5. The van der Waals surface area contributed by atoms with Crippen molar-refractivity contribution in [3.05, 3.63) is 13.2 Å². The molecule has 0 rings (SSSR count). The van der Waals surface area contributed by atoms with Gasteiger partial charge in [-0.3, -0.25) is 0 Å². The molecule has 0 aromatic carbocycles. The summed E-state index contributed by atoms with van der Waals surface area (Å²) in [6.45, 7) is 8.79. The van der Waals surface area contributed by atoms with Crippen LogP contribution in [0.25, 0.3) is 0 Å². The van der Waals surface area contributed by atoms with E-state index in [1.165, 1.54) is 0 Å². The molecule has 0 fully saturated rings. The molecule has 0 amide bonds. The van der Waals surface area contributed by atoms with E-state index in [4.69, 9.17) is 0 Å². The van der Waals surface area contributed by atoms with Crippen molar-refractivity contribution in [2.24, 2.45) is 0 Å². The van der Waals surface area contributed by atoms with E-state index in [0.717, 1.165) is 6.54 Å². The second kappa shape index (κ2) is 10.4. The summed E-state index contributed by atoms with van der Waals surface area (Å²) >= 11 is 4.62. The molecule has 0 aliphatic heterocycles. The first kappa shape index (κ1) is 11.3. The summed E-state index contributed by atoms with van der Waals surface area (Å²) in [6.07, 6.45) is 0. The fourth-order valence-electron chi connectivity index (χ4n) is 0.217. The van der Waals surface area contributed by atoms with Crippen LogP contribution in [0.4, 0.5) is 0 Å². The van der Waals surface area contributed by atoms with Crippen LogP contribution in [-0.4, -0.2) is 18.8 Å². The van der Waals surface area contributed by atoms with E-state index < -0.39 is 0 Å². The fraction of sp³-hybridized carbons (Fsp3) is 0.500. The second-order valence-electron chi connectivity index (χ2n) is 1.02. The van der Waals surface area contributed by atoms with Crippen LogP contribution in [0, 0.1) is 0 Å². The molecule has 0 radical (unpaired) electrons. The summed E-state index contributed by atoms with van der Waals surface area (Å²) in [4.78, 5) is 0. The quantitative estimate of drug-likeness (QED) is 0.446. The van der Waals surface area contributed by atoms with Crippen molar-refractivity contribution in [3.63, 3.8) is 0 Å². The summed E-state index contributed by atoms with van der Waals surface area (Å²) in [6, 6.07) is 0. The van der Waals surface area contributed by atoms with Crippen molar-refractivity contribution in [1.82, 2.24) is 5.32 Å². The van der Waals surface area contributed by atoms with E-state index in [1.807, 2.05) is 6.92 Å². The van der Waals surface area contributed by atoms with Gasteiger partial charge in [-0.2, -0.15) is 0 Å². The maximum absolute atomic E-state index is 4.62. The first-order valence-electron chi connectivity index (χ1n) is 2.63. The molecule has 0 saturated carbocycles. The average molecular weight is 147 g/mol. The smallest absolute Gasteiger partial charge is 0.256 e. The molecule has 0 aliphatic rings. The van der Waals surface area contributed by atoms with Crippen LogP contribution in [0.1, 0.15) is 6.92 Å². The van der Waals surface area contributed by atoms with Crippen LogP contribution in [-0.2, 0) is 4.74 Å². The first-order valence-corrected chi connectivity index (χ1v) is 3.04. The molecule has 0 bridgehead atoms. The summed E-state index contributed by atoms with van der Waals surface area (Å²) in [5.41, 5.74) is 0. The van der Waals surface area contributed by atoms with Crippen LogP contribution in [0.5, 0.6) is 0 Å². The van der Waals surface area contributed by atoms with Gasteiger partial charge in [0.05, 0.1) is 7.11 Å². The van der Waals surface area contributed by atoms with Crippen molar-refractivity contribution in [2.45, 2.75) is 6.92 Å². The molecule has 0 aliphatic carbocycles. The predicted molar refractivity (Wildman–Crippen MR) is 44.5 cm³/mol. The van der Waals surface area contributed by atoms with E-state index in [0.29, 0.717) is 5.17 Å². The Hall–Kier alpha value is -0.570. The molecule has 3 heteroatoms. The Morgan fingerprint density at radius 2 is 2.11 bits per heavy atom. The van der Waals surface area contributed by atoms with E-state index in [2.05, 4.69) is 35.4 Å². The van der Waals surface area contributed by atoms with Gasteiger partial charge in [-0.1, -0.05) is 0 Å². The summed E-state index contributed by atoms with van der Waals surface area (Å²) in [5, 5.41) is 3.27. The summed E-state index contributed by atoms with van der Waals surface area (Å²) in [5.74, 6) is 0. The molecular weight excluding hydrogens is 134 g/mol. The number of methoxy groups -OCH3 is 1. The number of nitrogens with one attached hydrogen (secondary N) is 1. The van der Waals surface area contributed by atoms with Gasteiger partial charge in [0, 0.05) is 6.54 Å². The Morgan fingerprint density at radius 3 is 2.22 bits per heavy atom. The lowest BCUT2D eigenvalue weighted by molar-refractivity contribution is 0.394. The summed E-state index contributed by atoms with van der Waals surface area (Å²) < 4.78 is 4.61. The third-order valence-corrected chi connectivity index (χ3v) is 0.818. The van der Waals surface area contributed by atoms with Crippen molar-refractivity contribution < 1.29 is 4.74 Å². The van der Waals surface area contributed by atoms with E-state index >= 15 is 0 Å². The van der Waals surface area contributed by atoms with Crippen LogP contribution in [0.2, 0.25) is 0 Å². The van der Waals surface area contributed by atoms with Gasteiger partial charge in [-0.05, 0) is 19.1 Å². The molecule has 0 heterocycles. The molecule has 54 valence electrons. The van der Waals surface area contributed by atoms with E-state index in [-0.39, 0.29) is 0 Å². The van der Waals surface area contributed by atoms with Crippen molar-refractivity contribution in [2.75, 3.05) is 13.7 Å². The van der Waals surface area contributed by atoms with Crippen LogP contribution in [0.3, 0.4) is 0 Å². The normalized spacial score (nSPS) is 6.44. The van der Waals surface area contributed by atoms with Gasteiger partial charge < -0.3 is 10.1 Å². The number of hydrogen-bond acceptors (Lipinski definition) is 2. The van der Waals surface area contributed by atoms with Gasteiger partial charge in [0.1, 0.15) is 0 Å². The molecule has 0 aromatic heterocycles. The zero-order valence-electron chi connectivity index (χ0n) is 5.94. The predicted octanol–water partition coefficient (Wildman–Crippen LogP) is 1.33.